The van der Waals surface area contributed by atoms with Crippen LogP contribution in [-0.4, -0.2) is 12.7 Å². The number of alkyl halides is 3. The summed E-state index contributed by atoms with van der Waals surface area (Å²) < 4.78 is 35.8. The van der Waals surface area contributed by atoms with Crippen molar-refractivity contribution in [2.45, 2.75) is 19.0 Å². The Kier molecular flexibility index (Phi) is 1.39. The zero-order valence-electron chi connectivity index (χ0n) is 5.20. The number of hydrogen-bond acceptors (Lipinski definition) is 0. The van der Waals surface area contributed by atoms with E-state index in [0.717, 1.165) is 0 Å². The second-order valence-corrected chi connectivity index (χ2v) is 2.59. The number of nitrogens with zero attached hydrogens (tertiary/aromatic N) is 1. The molecule has 1 aliphatic rings. The topological polar surface area (TPSA) is 4.36 Å². The van der Waals surface area contributed by atoms with Crippen molar-refractivity contribution in [2.75, 3.05) is 6.54 Å². The van der Waals surface area contributed by atoms with E-state index in [2.05, 4.69) is 4.85 Å². The molecule has 56 valence electrons. The lowest BCUT2D eigenvalue weighted by molar-refractivity contribution is -0.181. The molecule has 0 saturated heterocycles. The minimum atomic E-state index is -4.16. The lowest BCUT2D eigenvalue weighted by Gasteiger charge is -2.11. The highest BCUT2D eigenvalue weighted by Crippen LogP contribution is 2.57. The first-order valence-electron chi connectivity index (χ1n) is 2.92. The highest BCUT2D eigenvalue weighted by Gasteiger charge is 2.66. The third-order valence-corrected chi connectivity index (χ3v) is 1.84. The molecule has 10 heavy (non-hydrogen) atoms. The first kappa shape index (κ1) is 7.39. The molecule has 0 aliphatic heterocycles. The molecule has 0 heterocycles. The Bertz CT molecular complexity index is 172. The summed E-state index contributed by atoms with van der Waals surface area (Å²) in [6.45, 7) is 5.91. The van der Waals surface area contributed by atoms with Crippen molar-refractivity contribution >= 4 is 0 Å². The van der Waals surface area contributed by atoms with E-state index < -0.39 is 18.1 Å². The predicted molar refractivity (Wildman–Crippen MR) is 29.2 cm³/mol. The summed E-state index contributed by atoms with van der Waals surface area (Å²) in [6.07, 6.45) is -3.88. The van der Waals surface area contributed by atoms with Gasteiger partial charge < -0.3 is 4.85 Å². The van der Waals surface area contributed by atoms with Crippen LogP contribution < -0.4 is 0 Å². The fraction of sp³-hybridized carbons (Fsp3) is 0.833. The predicted octanol–water partition coefficient (Wildman–Crippen LogP) is 2.25. The highest BCUT2D eigenvalue weighted by molar-refractivity contribution is 5.03. The van der Waals surface area contributed by atoms with Crippen LogP contribution >= 0.6 is 0 Å². The van der Waals surface area contributed by atoms with Crippen molar-refractivity contribution in [1.29, 1.82) is 0 Å². The van der Waals surface area contributed by atoms with Gasteiger partial charge in [-0.25, -0.2) is 6.57 Å². The average molecular weight is 149 g/mol. The molecule has 1 rings (SSSR count). The minimum Gasteiger partial charge on any atom is -0.316 e. The fourth-order valence-electron chi connectivity index (χ4n) is 0.833. The molecule has 0 unspecified atom stereocenters. The van der Waals surface area contributed by atoms with Gasteiger partial charge in [0.1, 0.15) is 5.41 Å². The lowest BCUT2D eigenvalue weighted by atomic mass is 10.1. The van der Waals surface area contributed by atoms with E-state index in [1.54, 1.807) is 0 Å². The third-order valence-electron chi connectivity index (χ3n) is 1.84. The monoisotopic (exact) mass is 149 g/mol. The Balaban J connectivity index is 2.63. The second-order valence-electron chi connectivity index (χ2n) is 2.59. The highest BCUT2D eigenvalue weighted by atomic mass is 19.4. The molecule has 0 amide bonds. The van der Waals surface area contributed by atoms with Gasteiger partial charge in [0.05, 0.1) is 0 Å². The maximum absolute atomic E-state index is 11.9. The van der Waals surface area contributed by atoms with Crippen LogP contribution in [0.1, 0.15) is 12.8 Å². The van der Waals surface area contributed by atoms with Gasteiger partial charge >= 0.3 is 6.18 Å². The SMILES string of the molecule is [C-]#[N+]CC1(C(F)(F)F)CC1. The molecule has 0 N–H and O–H groups in total. The summed E-state index contributed by atoms with van der Waals surface area (Å²) in [5, 5.41) is 0. The van der Waals surface area contributed by atoms with Gasteiger partial charge in [-0.3, -0.25) is 0 Å². The number of halogens is 3. The molecule has 1 aliphatic carbocycles. The fourth-order valence-corrected chi connectivity index (χ4v) is 0.833. The third kappa shape index (κ3) is 0.962. The average Bonchev–Trinajstić information content (AvgIpc) is 2.45. The van der Waals surface area contributed by atoms with Crippen molar-refractivity contribution in [2.24, 2.45) is 5.41 Å². The first-order valence-corrected chi connectivity index (χ1v) is 2.92. The van der Waals surface area contributed by atoms with Gasteiger partial charge in [-0.1, -0.05) is 0 Å². The molecule has 4 heteroatoms. The summed E-state index contributed by atoms with van der Waals surface area (Å²) in [4.78, 5) is 2.77. The molecule has 0 atom stereocenters. The maximum atomic E-state index is 11.9. The Morgan fingerprint density at radius 2 is 1.90 bits per heavy atom. The van der Waals surface area contributed by atoms with Crippen LogP contribution in [0, 0.1) is 12.0 Å². The van der Waals surface area contributed by atoms with Gasteiger partial charge in [0.2, 0.25) is 6.54 Å². The van der Waals surface area contributed by atoms with Gasteiger partial charge in [0, 0.05) is 0 Å². The molecular weight excluding hydrogens is 143 g/mol. The van der Waals surface area contributed by atoms with E-state index in [0.29, 0.717) is 0 Å². The van der Waals surface area contributed by atoms with Gasteiger partial charge in [0.15, 0.2) is 0 Å². The van der Waals surface area contributed by atoms with Crippen LogP contribution in [0.15, 0.2) is 0 Å². The summed E-state index contributed by atoms with van der Waals surface area (Å²) in [6, 6.07) is 0. The standard InChI is InChI=1S/C6H6F3N/c1-10-4-5(2-3-5)6(7,8)9/h2-4H2. The lowest BCUT2D eigenvalue weighted by Crippen LogP contribution is -2.26. The normalized spacial score (nSPS) is 21.8. The summed E-state index contributed by atoms with van der Waals surface area (Å²) >= 11 is 0. The van der Waals surface area contributed by atoms with Crippen LogP contribution in [0.25, 0.3) is 4.85 Å². The zero-order valence-corrected chi connectivity index (χ0v) is 5.20. The molecule has 0 bridgehead atoms. The number of rotatable bonds is 1. The Hall–Kier alpha value is -0.720. The van der Waals surface area contributed by atoms with Gasteiger partial charge in [-0.15, -0.1) is 0 Å². The van der Waals surface area contributed by atoms with Gasteiger partial charge in [-0.05, 0) is 12.8 Å². The molecular formula is C6H6F3N. The van der Waals surface area contributed by atoms with Crippen LogP contribution in [-0.2, 0) is 0 Å². The quantitative estimate of drug-likeness (QED) is 0.503. The van der Waals surface area contributed by atoms with E-state index in [-0.39, 0.29) is 12.8 Å². The van der Waals surface area contributed by atoms with Crippen molar-refractivity contribution in [3.63, 3.8) is 0 Å². The Morgan fingerprint density at radius 3 is 2.00 bits per heavy atom. The van der Waals surface area contributed by atoms with Gasteiger partial charge in [0.25, 0.3) is 0 Å². The Morgan fingerprint density at radius 1 is 1.40 bits per heavy atom. The van der Waals surface area contributed by atoms with Crippen molar-refractivity contribution < 1.29 is 13.2 Å². The van der Waals surface area contributed by atoms with Crippen molar-refractivity contribution in [3.05, 3.63) is 11.4 Å². The molecule has 0 spiro atoms. The maximum Gasteiger partial charge on any atom is 0.401 e. The Labute approximate surface area is 56.7 Å². The largest absolute Gasteiger partial charge is 0.401 e. The van der Waals surface area contributed by atoms with E-state index in [9.17, 15) is 13.2 Å². The second kappa shape index (κ2) is 1.88. The van der Waals surface area contributed by atoms with E-state index in [1.807, 2.05) is 0 Å². The molecule has 0 radical (unpaired) electrons. The summed E-state index contributed by atoms with van der Waals surface area (Å²) in [5.74, 6) is 0. The number of hydrogen-bond donors (Lipinski definition) is 0. The minimum absolute atomic E-state index is 0.138. The first-order chi connectivity index (χ1) is 4.52. The summed E-state index contributed by atoms with van der Waals surface area (Å²) in [5.41, 5.74) is -1.62. The molecule has 0 aromatic rings. The van der Waals surface area contributed by atoms with E-state index in [1.165, 1.54) is 0 Å². The zero-order chi connectivity index (χ0) is 7.83. The van der Waals surface area contributed by atoms with Crippen molar-refractivity contribution in [1.82, 2.24) is 0 Å². The smallest absolute Gasteiger partial charge is 0.316 e. The van der Waals surface area contributed by atoms with Crippen LogP contribution in [0.5, 0.6) is 0 Å². The molecule has 0 aromatic heterocycles. The van der Waals surface area contributed by atoms with Crippen LogP contribution in [0.2, 0.25) is 0 Å². The molecule has 1 saturated carbocycles. The molecule has 0 aromatic carbocycles. The van der Waals surface area contributed by atoms with E-state index >= 15 is 0 Å². The van der Waals surface area contributed by atoms with Crippen LogP contribution in [0.3, 0.4) is 0 Å². The molecule has 1 fully saturated rings. The molecule has 1 nitrogen and oxygen atoms in total. The summed E-state index contributed by atoms with van der Waals surface area (Å²) in [7, 11) is 0. The van der Waals surface area contributed by atoms with Crippen molar-refractivity contribution in [3.8, 4) is 0 Å². The van der Waals surface area contributed by atoms with E-state index in [4.69, 9.17) is 6.57 Å². The van der Waals surface area contributed by atoms with Gasteiger partial charge in [-0.2, -0.15) is 13.2 Å². The van der Waals surface area contributed by atoms with Crippen LogP contribution in [0.4, 0.5) is 13.2 Å².